The maximum absolute atomic E-state index is 12.5. The molecular weight excluding hydrogens is 302 g/mol. The molecule has 0 spiro atoms. The Morgan fingerprint density at radius 1 is 1.00 bits per heavy atom. The molecule has 0 aliphatic rings. The predicted octanol–water partition coefficient (Wildman–Crippen LogP) is 3.06. The van der Waals surface area contributed by atoms with Gasteiger partial charge in [-0.2, -0.15) is 5.10 Å². The third-order valence-corrected chi connectivity index (χ3v) is 3.58. The fourth-order valence-corrected chi connectivity index (χ4v) is 2.04. The summed E-state index contributed by atoms with van der Waals surface area (Å²) in [6, 6.07) is 17.1. The van der Waals surface area contributed by atoms with Crippen molar-refractivity contribution in [1.29, 1.82) is 0 Å². The standard InChI is InChI=1S/C19H21N3O2/c1-3-14(2)21-22-19(24)17(15-10-6-4-7-11-15)20-18(23)16-12-8-5-9-13-16/h4-13,17H,3H2,1-2H3,(H,20,23)(H,22,24)/b21-14+/t17-/m0/s1. The van der Waals surface area contributed by atoms with Gasteiger partial charge in [0, 0.05) is 11.3 Å². The second-order valence-corrected chi connectivity index (χ2v) is 5.36. The summed E-state index contributed by atoms with van der Waals surface area (Å²) in [6.07, 6.45) is 0.743. The summed E-state index contributed by atoms with van der Waals surface area (Å²) >= 11 is 0. The largest absolute Gasteiger partial charge is 0.336 e. The average Bonchev–Trinajstić information content (AvgIpc) is 2.65. The van der Waals surface area contributed by atoms with E-state index in [9.17, 15) is 9.59 Å². The van der Waals surface area contributed by atoms with Crippen molar-refractivity contribution in [3.63, 3.8) is 0 Å². The number of carbonyl (C=O) groups excluding carboxylic acids is 2. The van der Waals surface area contributed by atoms with Crippen molar-refractivity contribution < 1.29 is 9.59 Å². The van der Waals surface area contributed by atoms with Crippen molar-refractivity contribution in [2.75, 3.05) is 0 Å². The minimum Gasteiger partial charge on any atom is -0.336 e. The average molecular weight is 323 g/mol. The van der Waals surface area contributed by atoms with Crippen LogP contribution in [0.15, 0.2) is 65.8 Å². The Morgan fingerprint density at radius 2 is 1.58 bits per heavy atom. The van der Waals surface area contributed by atoms with E-state index in [0.29, 0.717) is 11.1 Å². The summed E-state index contributed by atoms with van der Waals surface area (Å²) in [5.41, 5.74) is 4.53. The Morgan fingerprint density at radius 3 is 2.17 bits per heavy atom. The molecule has 0 heterocycles. The normalized spacial score (nSPS) is 12.3. The van der Waals surface area contributed by atoms with Crippen LogP contribution in [0.4, 0.5) is 0 Å². The molecular formula is C19H21N3O2. The zero-order chi connectivity index (χ0) is 17.4. The molecule has 5 heteroatoms. The Bertz CT molecular complexity index is 712. The molecule has 2 aromatic carbocycles. The molecule has 2 aromatic rings. The van der Waals surface area contributed by atoms with Gasteiger partial charge in [0.1, 0.15) is 6.04 Å². The molecule has 0 saturated heterocycles. The van der Waals surface area contributed by atoms with E-state index in [1.165, 1.54) is 0 Å². The van der Waals surface area contributed by atoms with Gasteiger partial charge in [0.15, 0.2) is 0 Å². The molecule has 0 fully saturated rings. The number of benzene rings is 2. The van der Waals surface area contributed by atoms with Gasteiger partial charge in [0.05, 0.1) is 0 Å². The lowest BCUT2D eigenvalue weighted by Gasteiger charge is -2.17. The maximum Gasteiger partial charge on any atom is 0.267 e. The van der Waals surface area contributed by atoms with Gasteiger partial charge in [0.2, 0.25) is 0 Å². The molecule has 2 N–H and O–H groups in total. The molecule has 2 amide bonds. The van der Waals surface area contributed by atoms with Crippen LogP contribution in [0.3, 0.4) is 0 Å². The van der Waals surface area contributed by atoms with Gasteiger partial charge in [-0.3, -0.25) is 9.59 Å². The summed E-state index contributed by atoms with van der Waals surface area (Å²) < 4.78 is 0. The fourth-order valence-electron chi connectivity index (χ4n) is 2.04. The van der Waals surface area contributed by atoms with E-state index in [2.05, 4.69) is 15.8 Å². The van der Waals surface area contributed by atoms with Gasteiger partial charge in [0.25, 0.3) is 11.8 Å². The van der Waals surface area contributed by atoms with E-state index in [4.69, 9.17) is 0 Å². The van der Waals surface area contributed by atoms with Gasteiger partial charge >= 0.3 is 0 Å². The minimum absolute atomic E-state index is 0.309. The Labute approximate surface area is 141 Å². The smallest absolute Gasteiger partial charge is 0.267 e. The number of hydrogen-bond acceptors (Lipinski definition) is 3. The topological polar surface area (TPSA) is 70.6 Å². The quantitative estimate of drug-likeness (QED) is 0.633. The van der Waals surface area contributed by atoms with E-state index in [1.54, 1.807) is 36.4 Å². The lowest BCUT2D eigenvalue weighted by molar-refractivity contribution is -0.123. The molecule has 0 unspecified atom stereocenters. The summed E-state index contributed by atoms with van der Waals surface area (Å²) in [6.45, 7) is 3.79. The first kappa shape index (κ1) is 17.4. The number of hydrogen-bond donors (Lipinski definition) is 2. The zero-order valence-corrected chi connectivity index (χ0v) is 13.8. The van der Waals surface area contributed by atoms with Gasteiger partial charge in [-0.1, -0.05) is 55.5 Å². The molecule has 0 bridgehead atoms. The van der Waals surface area contributed by atoms with Crippen LogP contribution in [0.1, 0.15) is 42.2 Å². The summed E-state index contributed by atoms with van der Waals surface area (Å²) in [5.74, 6) is -0.686. The first-order valence-electron chi connectivity index (χ1n) is 7.85. The van der Waals surface area contributed by atoms with Crippen LogP contribution < -0.4 is 10.7 Å². The van der Waals surface area contributed by atoms with E-state index in [0.717, 1.165) is 12.1 Å². The molecule has 24 heavy (non-hydrogen) atoms. The number of nitrogens with zero attached hydrogens (tertiary/aromatic N) is 1. The molecule has 1 atom stereocenters. The molecule has 5 nitrogen and oxygen atoms in total. The monoisotopic (exact) mass is 323 g/mol. The third-order valence-electron chi connectivity index (χ3n) is 3.58. The summed E-state index contributed by atoms with van der Waals surface area (Å²) in [5, 5.41) is 6.81. The molecule has 2 rings (SSSR count). The SMILES string of the molecule is CC/C(C)=N/NC(=O)[C@@H](NC(=O)c1ccccc1)c1ccccc1. The van der Waals surface area contributed by atoms with Crippen LogP contribution in [0.5, 0.6) is 0 Å². The maximum atomic E-state index is 12.5. The van der Waals surface area contributed by atoms with E-state index >= 15 is 0 Å². The van der Waals surface area contributed by atoms with Gasteiger partial charge in [-0.25, -0.2) is 5.43 Å². The summed E-state index contributed by atoms with van der Waals surface area (Å²) in [4.78, 5) is 24.9. The second kappa shape index (κ2) is 8.62. The van der Waals surface area contributed by atoms with E-state index in [1.807, 2.05) is 38.1 Å². The summed E-state index contributed by atoms with van der Waals surface area (Å²) in [7, 11) is 0. The van der Waals surface area contributed by atoms with Crippen LogP contribution in [0.25, 0.3) is 0 Å². The van der Waals surface area contributed by atoms with Crippen LogP contribution >= 0.6 is 0 Å². The molecule has 0 aliphatic carbocycles. The highest BCUT2D eigenvalue weighted by molar-refractivity contribution is 5.98. The van der Waals surface area contributed by atoms with Crippen LogP contribution in [-0.4, -0.2) is 17.5 Å². The molecule has 0 radical (unpaired) electrons. The number of nitrogens with one attached hydrogen (secondary N) is 2. The van der Waals surface area contributed by atoms with Crippen LogP contribution in [0.2, 0.25) is 0 Å². The molecule has 0 saturated carbocycles. The Kier molecular flexibility index (Phi) is 6.25. The van der Waals surface area contributed by atoms with Crippen LogP contribution in [-0.2, 0) is 4.79 Å². The van der Waals surface area contributed by atoms with Crippen molar-refractivity contribution in [3.8, 4) is 0 Å². The highest BCUT2D eigenvalue weighted by Gasteiger charge is 2.23. The fraction of sp³-hybridized carbons (Fsp3) is 0.211. The predicted molar refractivity (Wildman–Crippen MR) is 94.6 cm³/mol. The lowest BCUT2D eigenvalue weighted by atomic mass is 10.1. The number of hydrazone groups is 1. The second-order valence-electron chi connectivity index (χ2n) is 5.36. The number of carbonyl (C=O) groups is 2. The molecule has 0 aliphatic heterocycles. The van der Waals surface area contributed by atoms with Crippen molar-refractivity contribution in [2.45, 2.75) is 26.3 Å². The van der Waals surface area contributed by atoms with Crippen molar-refractivity contribution in [2.24, 2.45) is 5.10 Å². The first-order valence-corrected chi connectivity index (χ1v) is 7.85. The van der Waals surface area contributed by atoms with Gasteiger partial charge in [-0.15, -0.1) is 0 Å². The Balaban J connectivity index is 2.20. The van der Waals surface area contributed by atoms with Gasteiger partial charge in [-0.05, 0) is 31.0 Å². The minimum atomic E-state index is -0.813. The number of amides is 2. The number of rotatable bonds is 6. The molecule has 0 aromatic heterocycles. The van der Waals surface area contributed by atoms with Crippen molar-refractivity contribution >= 4 is 17.5 Å². The third kappa shape index (κ3) is 4.78. The van der Waals surface area contributed by atoms with Crippen LogP contribution in [0, 0.1) is 0 Å². The highest BCUT2D eigenvalue weighted by Crippen LogP contribution is 2.14. The van der Waals surface area contributed by atoms with Gasteiger partial charge < -0.3 is 5.32 Å². The highest BCUT2D eigenvalue weighted by atomic mass is 16.2. The molecule has 124 valence electrons. The zero-order valence-electron chi connectivity index (χ0n) is 13.8. The lowest BCUT2D eigenvalue weighted by Crippen LogP contribution is -2.39. The van der Waals surface area contributed by atoms with Crippen molar-refractivity contribution in [1.82, 2.24) is 10.7 Å². The van der Waals surface area contributed by atoms with E-state index in [-0.39, 0.29) is 11.8 Å². The Hall–Kier alpha value is -2.95. The van der Waals surface area contributed by atoms with Crippen molar-refractivity contribution in [3.05, 3.63) is 71.8 Å². The van der Waals surface area contributed by atoms with E-state index < -0.39 is 6.04 Å². The first-order chi connectivity index (χ1) is 11.6.